The van der Waals surface area contributed by atoms with Crippen molar-refractivity contribution in [3.05, 3.63) is 203 Å². The van der Waals surface area contributed by atoms with E-state index >= 15 is 0 Å². The molecule has 0 heterocycles. The third-order valence-electron chi connectivity index (χ3n) is 13.2. The first kappa shape index (κ1) is 37.9. The van der Waals surface area contributed by atoms with Crippen molar-refractivity contribution in [1.29, 1.82) is 0 Å². The third-order valence-corrected chi connectivity index (χ3v) is 31.2. The summed E-state index contributed by atoms with van der Waals surface area (Å²) in [7, 11) is 0. The Labute approximate surface area is 345 Å². The molecule has 2 heteroatoms. The van der Waals surface area contributed by atoms with E-state index in [1.807, 2.05) is 6.07 Å². The summed E-state index contributed by atoms with van der Waals surface area (Å²) in [6, 6.07) is 57.1. The van der Waals surface area contributed by atoms with Gasteiger partial charge in [-0.25, -0.2) is 0 Å². The Morgan fingerprint density at radius 3 is 1.53 bits per heavy atom. The van der Waals surface area contributed by atoms with Crippen LogP contribution in [0.2, 0.25) is 8.65 Å². The Kier molecular flexibility index (Phi) is 9.12. The molecular weight excluding hydrogens is 787 g/mol. The van der Waals surface area contributed by atoms with Crippen LogP contribution in [0.15, 0.2) is 176 Å². The predicted octanol–water partition coefficient (Wildman–Crippen LogP) is 14.2. The molecule has 0 aliphatic heterocycles. The molecule has 57 heavy (non-hydrogen) atoms. The van der Waals surface area contributed by atoms with Crippen LogP contribution in [0.25, 0.3) is 44.2 Å². The number of hydrogen-bond donors (Lipinski definition) is 0. The Morgan fingerprint density at radius 1 is 0.509 bits per heavy atom. The summed E-state index contributed by atoms with van der Waals surface area (Å²) in [5.74, 6) is 0. The molecule has 0 radical (unpaired) electrons. The molecule has 0 spiro atoms. The molecule has 0 unspecified atom stereocenters. The summed E-state index contributed by atoms with van der Waals surface area (Å²) in [6.45, 7) is 14.1. The van der Waals surface area contributed by atoms with Crippen molar-refractivity contribution in [2.45, 2.75) is 59.6 Å². The molecule has 2 aliphatic carbocycles. The molecule has 0 N–H and O–H groups in total. The quantitative estimate of drug-likeness (QED) is 0.157. The number of benzene rings is 7. The van der Waals surface area contributed by atoms with Crippen molar-refractivity contribution < 1.29 is 18.3 Å². The topological polar surface area (TPSA) is 0 Å². The fraction of sp³-hybridized carbons (Fsp3) is 0.182. The van der Waals surface area contributed by atoms with Crippen molar-refractivity contribution in [3.63, 3.8) is 0 Å². The van der Waals surface area contributed by atoms with E-state index in [-0.39, 0.29) is 18.1 Å². The molecule has 9 rings (SSSR count). The average molecular weight is 839 g/mol. The van der Waals surface area contributed by atoms with Gasteiger partial charge >= 0.3 is 348 Å². The summed E-state index contributed by atoms with van der Waals surface area (Å²) >= 11 is 1.87. The molecule has 0 atom stereocenters. The van der Waals surface area contributed by atoms with Gasteiger partial charge in [-0.1, -0.05) is 0 Å². The van der Waals surface area contributed by atoms with Gasteiger partial charge in [-0.2, -0.15) is 0 Å². The Morgan fingerprint density at radius 2 is 1.00 bits per heavy atom. The molecule has 0 nitrogen and oxygen atoms in total. The third kappa shape index (κ3) is 5.91. The summed E-state index contributed by atoms with van der Waals surface area (Å²) < 4.78 is 8.75. The van der Waals surface area contributed by atoms with E-state index in [1.54, 1.807) is 0 Å². The van der Waals surface area contributed by atoms with Gasteiger partial charge < -0.3 is 0 Å². The number of hydrogen-bond acceptors (Lipinski definition) is 0. The molecule has 7 aromatic rings. The van der Waals surface area contributed by atoms with Gasteiger partial charge in [0.25, 0.3) is 0 Å². The van der Waals surface area contributed by atoms with Crippen molar-refractivity contribution >= 4 is 33.1 Å². The second kappa shape index (κ2) is 13.7. The van der Waals surface area contributed by atoms with Gasteiger partial charge in [0.05, 0.1) is 0 Å². The standard InChI is InChI=1S/C33H33.C10H7.C6H4Cl.C5H5.CH2.Zr/c1-32(2,3)30-20-26-24(18-28(30)22-13-9-7-10-14-22)17-25-19-29(23-15-11-8-12-16-23)31(21-27(25)26)33(4,5)6;1-2-6-10-8-4-3-7-9(10)5-1;7-6-4-2-1-3-5-6;1-2-4-5-3-1;;/h7-21H,1-6H3;1-7H;1-2,4-5H;1-5H;1H2;. The zero-order chi connectivity index (χ0) is 39.8. The van der Waals surface area contributed by atoms with Crippen LogP contribution in [0.5, 0.6) is 0 Å². The number of rotatable bonds is 6. The van der Waals surface area contributed by atoms with Crippen LogP contribution < -0.4 is 6.54 Å². The summed E-state index contributed by atoms with van der Waals surface area (Å²) in [4.78, 5) is 0. The minimum absolute atomic E-state index is 0.0222. The van der Waals surface area contributed by atoms with Crippen LogP contribution >= 0.6 is 11.6 Å². The van der Waals surface area contributed by atoms with Gasteiger partial charge in [0.1, 0.15) is 0 Å². The number of allylic oxidation sites excluding steroid dienone is 4. The van der Waals surface area contributed by atoms with E-state index in [0.29, 0.717) is 0 Å². The van der Waals surface area contributed by atoms with E-state index in [0.717, 1.165) is 5.02 Å². The first-order valence-corrected chi connectivity index (χ1v) is 27.8. The van der Waals surface area contributed by atoms with Crippen LogP contribution in [0.3, 0.4) is 0 Å². The van der Waals surface area contributed by atoms with Gasteiger partial charge in [0.2, 0.25) is 0 Å². The van der Waals surface area contributed by atoms with E-state index in [2.05, 4.69) is 211 Å². The zero-order valence-electron chi connectivity index (χ0n) is 34.0. The van der Waals surface area contributed by atoms with E-state index < -0.39 is 18.3 Å². The summed E-state index contributed by atoms with van der Waals surface area (Å²) in [6.07, 6.45) is 9.43. The Balaban J connectivity index is 1.54. The van der Waals surface area contributed by atoms with Crippen molar-refractivity contribution in [2.75, 3.05) is 0 Å². The number of fused-ring (bicyclic) bond motifs is 4. The number of halogens is 1. The van der Waals surface area contributed by atoms with Crippen LogP contribution in [0.1, 0.15) is 67.4 Å². The van der Waals surface area contributed by atoms with Crippen LogP contribution in [0, 0.1) is 0 Å². The second-order valence-corrected chi connectivity index (χ2v) is 32.9. The van der Waals surface area contributed by atoms with Gasteiger partial charge in [0, 0.05) is 0 Å². The zero-order valence-corrected chi connectivity index (χ0v) is 37.2. The molecule has 0 bridgehead atoms. The van der Waals surface area contributed by atoms with E-state index in [4.69, 9.17) is 15.8 Å². The average Bonchev–Trinajstić information content (AvgIpc) is 3.87. The van der Waals surface area contributed by atoms with Gasteiger partial charge in [0.15, 0.2) is 0 Å². The minimum atomic E-state index is -5.28. The fourth-order valence-electron chi connectivity index (χ4n) is 10.5. The second-order valence-electron chi connectivity index (χ2n) is 18.6. The van der Waals surface area contributed by atoms with Crippen LogP contribution in [0.4, 0.5) is 0 Å². The van der Waals surface area contributed by atoms with Crippen LogP contribution in [-0.2, 0) is 29.1 Å². The Hall–Kier alpha value is -4.68. The molecule has 0 aromatic heterocycles. The van der Waals surface area contributed by atoms with Crippen LogP contribution in [-0.4, -0.2) is 4.21 Å². The molecule has 0 saturated carbocycles. The molecule has 0 saturated heterocycles. The summed E-state index contributed by atoms with van der Waals surface area (Å²) in [5.41, 5.74) is 13.0. The first-order valence-electron chi connectivity index (χ1n) is 20.4. The van der Waals surface area contributed by atoms with Crippen molar-refractivity contribution in [1.82, 2.24) is 0 Å². The summed E-state index contributed by atoms with van der Waals surface area (Å²) in [5, 5.41) is 3.28. The monoisotopic (exact) mass is 836 g/mol. The molecular formula is C55H51ClZr. The molecule has 0 amide bonds. The SMILES string of the molecule is [CH2]=[Zr]([c]1cccc(Cl)c1)([c]1cccc2ccccc12)([CH]1C=CC=C1)[CH]1c2cc(-c3ccccc3)c(C(C)(C)C)cc2-c2cc(C(C)(C)C)c(-c3ccccc3)cc21. The van der Waals surface area contributed by atoms with E-state index in [1.165, 1.54) is 72.9 Å². The molecule has 2 aliphatic rings. The molecule has 282 valence electrons. The fourth-order valence-corrected chi connectivity index (χ4v) is 29.2. The maximum absolute atomic E-state index is 7.15. The van der Waals surface area contributed by atoms with Crippen molar-refractivity contribution in [2.24, 2.45) is 0 Å². The van der Waals surface area contributed by atoms with Crippen molar-refractivity contribution in [3.8, 4) is 33.4 Å². The molecule has 7 aromatic carbocycles. The van der Waals surface area contributed by atoms with Gasteiger partial charge in [-0.05, 0) is 0 Å². The normalized spacial score (nSPS) is 14.7. The first-order chi connectivity index (χ1) is 27.3. The Bertz CT molecular complexity index is 2700. The molecule has 0 fully saturated rings. The van der Waals surface area contributed by atoms with Gasteiger partial charge in [-0.3, -0.25) is 0 Å². The maximum atomic E-state index is 7.15. The predicted molar refractivity (Wildman–Crippen MR) is 246 cm³/mol. The van der Waals surface area contributed by atoms with Gasteiger partial charge in [-0.15, -0.1) is 0 Å². The van der Waals surface area contributed by atoms with E-state index in [9.17, 15) is 0 Å².